The van der Waals surface area contributed by atoms with Gasteiger partial charge in [0.25, 0.3) is 5.91 Å². The highest BCUT2D eigenvalue weighted by molar-refractivity contribution is 7.79. The molecule has 0 aromatic heterocycles. The number of rotatable bonds is 5. The van der Waals surface area contributed by atoms with Gasteiger partial charge in [0, 0.05) is 21.2 Å². The van der Waals surface area contributed by atoms with Crippen molar-refractivity contribution in [1.82, 2.24) is 5.32 Å². The van der Waals surface area contributed by atoms with E-state index in [4.69, 9.17) is 46.4 Å². The molecule has 0 saturated carbocycles. The first-order valence-corrected chi connectivity index (χ1v) is 11.9. The van der Waals surface area contributed by atoms with Crippen LogP contribution < -0.4 is 15.9 Å². The van der Waals surface area contributed by atoms with Crippen LogP contribution in [-0.4, -0.2) is 15.5 Å². The fraction of sp³-hybridized carbons (Fsp3) is 0.0952. The molecule has 0 saturated heterocycles. The first-order chi connectivity index (χ1) is 13.7. The molecule has 3 rings (SSSR count). The molecule has 8 heteroatoms. The van der Waals surface area contributed by atoms with Crippen LogP contribution in [0.15, 0.2) is 84.9 Å². The van der Waals surface area contributed by atoms with E-state index in [0.717, 1.165) is 0 Å². The van der Waals surface area contributed by atoms with Crippen molar-refractivity contribution in [1.29, 1.82) is 0 Å². The molecule has 0 bridgehead atoms. The fourth-order valence-electron chi connectivity index (χ4n) is 2.93. The molecule has 3 aromatic rings. The van der Waals surface area contributed by atoms with E-state index in [0.29, 0.717) is 21.2 Å². The van der Waals surface area contributed by atoms with E-state index in [-0.39, 0.29) is 0 Å². The van der Waals surface area contributed by atoms with Crippen molar-refractivity contribution in [3.05, 3.63) is 95.5 Å². The molecule has 1 amide bonds. The van der Waals surface area contributed by atoms with Gasteiger partial charge in [-0.05, 0) is 24.3 Å². The Bertz CT molecular complexity index is 979. The number of carbonyl (C=O) groups is 1. The van der Waals surface area contributed by atoms with Gasteiger partial charge in [-0.15, -0.1) is 0 Å². The number of benzene rings is 3. The summed E-state index contributed by atoms with van der Waals surface area (Å²) in [5, 5.41) is 4.12. The Morgan fingerprint density at radius 2 is 1.24 bits per heavy atom. The smallest absolute Gasteiger partial charge is 0.252 e. The third-order valence-corrected chi connectivity index (χ3v) is 9.06. The molecule has 0 fully saturated rings. The minimum absolute atomic E-state index is 0.307. The number of amides is 1. The highest BCUT2D eigenvalue weighted by atomic mass is 35.6. The highest BCUT2D eigenvalue weighted by Crippen LogP contribution is 2.55. The van der Waals surface area contributed by atoms with Crippen LogP contribution in [0.25, 0.3) is 0 Å². The summed E-state index contributed by atoms with van der Waals surface area (Å²) in [7, 11) is -3.59. The first-order valence-electron chi connectivity index (χ1n) is 8.57. The van der Waals surface area contributed by atoms with E-state index >= 15 is 0 Å². The van der Waals surface area contributed by atoms with Crippen molar-refractivity contribution in [2.75, 3.05) is 0 Å². The number of nitrogens with one attached hydrogen (secondary N) is 1. The molecule has 0 spiro atoms. The number of hydrogen-bond donors (Lipinski definition) is 1. The predicted molar refractivity (Wildman–Crippen MR) is 123 cm³/mol. The van der Waals surface area contributed by atoms with Crippen molar-refractivity contribution in [2.45, 2.75) is 9.58 Å². The van der Waals surface area contributed by atoms with Gasteiger partial charge < -0.3 is 9.88 Å². The highest BCUT2D eigenvalue weighted by Gasteiger charge is 2.49. The summed E-state index contributed by atoms with van der Waals surface area (Å²) in [6.45, 7) is 0. The second kappa shape index (κ2) is 9.12. The molecule has 0 aliphatic rings. The van der Waals surface area contributed by atoms with Gasteiger partial charge in [0.1, 0.15) is 5.78 Å². The van der Waals surface area contributed by atoms with Gasteiger partial charge in [-0.25, -0.2) is 0 Å². The average molecular weight is 487 g/mol. The lowest BCUT2D eigenvalue weighted by molar-refractivity contribution is 0.0948. The number of hydrogen-bond acceptors (Lipinski definition) is 2. The molecule has 1 N–H and O–H groups in total. The van der Waals surface area contributed by atoms with E-state index in [9.17, 15) is 9.36 Å². The monoisotopic (exact) mass is 485 g/mol. The van der Waals surface area contributed by atoms with Gasteiger partial charge in [0.2, 0.25) is 3.79 Å². The molecule has 150 valence electrons. The minimum atomic E-state index is -3.59. The summed E-state index contributed by atoms with van der Waals surface area (Å²) < 4.78 is 12.5. The lowest BCUT2D eigenvalue weighted by atomic mass is 10.2. The van der Waals surface area contributed by atoms with Gasteiger partial charge in [-0.2, -0.15) is 0 Å². The van der Waals surface area contributed by atoms with Crippen molar-refractivity contribution in [3.63, 3.8) is 0 Å². The number of halogens is 4. The maximum absolute atomic E-state index is 14.5. The second-order valence-corrected chi connectivity index (χ2v) is 11.9. The molecule has 0 aliphatic carbocycles. The Hall–Kier alpha value is -1.48. The summed E-state index contributed by atoms with van der Waals surface area (Å²) in [6, 6.07) is 23.7. The zero-order chi connectivity index (χ0) is 21.1. The fourth-order valence-corrected chi connectivity index (χ4v) is 7.30. The zero-order valence-corrected chi connectivity index (χ0v) is 18.9. The molecule has 3 aromatic carbocycles. The van der Waals surface area contributed by atoms with Crippen LogP contribution in [-0.2, 0) is 4.57 Å². The molecule has 1 atom stereocenters. The van der Waals surface area contributed by atoms with Crippen LogP contribution in [0.5, 0.6) is 0 Å². The van der Waals surface area contributed by atoms with Crippen LogP contribution >= 0.6 is 53.5 Å². The van der Waals surface area contributed by atoms with E-state index < -0.39 is 22.6 Å². The van der Waals surface area contributed by atoms with Crippen LogP contribution in [0.3, 0.4) is 0 Å². The van der Waals surface area contributed by atoms with E-state index in [1.165, 1.54) is 0 Å². The third kappa shape index (κ3) is 4.99. The van der Waals surface area contributed by atoms with Crippen LogP contribution in [0, 0.1) is 0 Å². The molecule has 0 unspecified atom stereocenters. The third-order valence-electron chi connectivity index (χ3n) is 4.33. The van der Waals surface area contributed by atoms with E-state index in [2.05, 4.69) is 5.32 Å². The van der Waals surface area contributed by atoms with Crippen LogP contribution in [0.2, 0.25) is 5.02 Å². The lowest BCUT2D eigenvalue weighted by Gasteiger charge is -2.34. The molecule has 29 heavy (non-hydrogen) atoms. The largest absolute Gasteiger partial charge is 0.338 e. The average Bonchev–Trinajstić information content (AvgIpc) is 2.72. The van der Waals surface area contributed by atoms with Crippen molar-refractivity contribution in [2.24, 2.45) is 0 Å². The SMILES string of the molecule is O=C(N[C@H](C(Cl)(Cl)Cl)P(=O)(c1ccccc1)c1ccccc1)c1ccc(Cl)cc1. The number of alkyl halides is 3. The normalized spacial score (nSPS) is 13.0. The summed E-state index contributed by atoms with van der Waals surface area (Å²) in [5.74, 6) is -1.82. The van der Waals surface area contributed by atoms with Crippen LogP contribution in [0.4, 0.5) is 0 Å². The van der Waals surface area contributed by atoms with Gasteiger partial charge >= 0.3 is 0 Å². The lowest BCUT2D eigenvalue weighted by Crippen LogP contribution is -2.47. The molecule has 0 heterocycles. The van der Waals surface area contributed by atoms with E-state index in [1.54, 1.807) is 84.9 Å². The molecular formula is C21H16Cl4NO2P. The zero-order valence-electron chi connectivity index (χ0n) is 14.9. The van der Waals surface area contributed by atoms with Gasteiger partial charge in [0.15, 0.2) is 7.14 Å². The Morgan fingerprint density at radius 1 is 0.793 bits per heavy atom. The summed E-state index contributed by atoms with van der Waals surface area (Å²) >= 11 is 24.7. The van der Waals surface area contributed by atoms with Crippen molar-refractivity contribution < 1.29 is 9.36 Å². The van der Waals surface area contributed by atoms with Gasteiger partial charge in [-0.3, -0.25) is 4.79 Å². The summed E-state index contributed by atoms with van der Waals surface area (Å²) in [4.78, 5) is 12.9. The predicted octanol–water partition coefficient (Wildman–Crippen LogP) is 5.78. The Morgan fingerprint density at radius 3 is 1.66 bits per heavy atom. The Labute approximate surface area is 189 Å². The molecule has 0 aliphatic heterocycles. The van der Waals surface area contributed by atoms with Gasteiger partial charge in [-0.1, -0.05) is 107 Å². The molecule has 3 nitrogen and oxygen atoms in total. The Balaban J connectivity index is 2.12. The van der Waals surface area contributed by atoms with Crippen molar-refractivity contribution in [3.8, 4) is 0 Å². The van der Waals surface area contributed by atoms with Crippen molar-refractivity contribution >= 4 is 70.1 Å². The van der Waals surface area contributed by atoms with Gasteiger partial charge in [0.05, 0.1) is 0 Å². The van der Waals surface area contributed by atoms with Crippen LogP contribution in [0.1, 0.15) is 10.4 Å². The molecular weight excluding hydrogens is 471 g/mol. The molecule has 0 radical (unpaired) electrons. The minimum Gasteiger partial charge on any atom is -0.338 e. The quantitative estimate of drug-likeness (QED) is 0.367. The second-order valence-electron chi connectivity index (χ2n) is 6.25. The number of carbonyl (C=O) groups excluding carboxylic acids is 1. The van der Waals surface area contributed by atoms with E-state index in [1.807, 2.05) is 0 Å². The maximum atomic E-state index is 14.5. The first kappa shape index (κ1) is 22.2. The Kier molecular flexibility index (Phi) is 6.98. The summed E-state index contributed by atoms with van der Waals surface area (Å²) in [5.41, 5.74) is 0.307. The summed E-state index contributed by atoms with van der Waals surface area (Å²) in [6.07, 6.45) is 0. The standard InChI is InChI=1S/C21H16Cl4NO2P/c22-16-13-11-15(12-14-16)19(27)26-20(21(23,24)25)29(28,17-7-3-1-4-8-17)18-9-5-2-6-10-18/h1-14,20H,(H,26,27)/t20-/m0/s1. The maximum Gasteiger partial charge on any atom is 0.252 e. The topological polar surface area (TPSA) is 46.2 Å².